The molecule has 3 heterocycles. The molecule has 0 fully saturated rings. The number of aromatic nitrogens is 3. The van der Waals surface area contributed by atoms with Gasteiger partial charge in [0.1, 0.15) is 12.1 Å². The van der Waals surface area contributed by atoms with E-state index in [9.17, 15) is 0 Å². The lowest BCUT2D eigenvalue weighted by atomic mass is 10.3. The first-order valence-corrected chi connectivity index (χ1v) is 6.27. The van der Waals surface area contributed by atoms with Gasteiger partial charge in [-0.1, -0.05) is 6.07 Å². The van der Waals surface area contributed by atoms with Crippen LogP contribution < -0.4 is 5.32 Å². The number of hydrogen-bond donors (Lipinski definition) is 1. The van der Waals surface area contributed by atoms with Gasteiger partial charge >= 0.3 is 0 Å². The van der Waals surface area contributed by atoms with Crippen LogP contribution >= 0.6 is 11.3 Å². The van der Waals surface area contributed by atoms with Gasteiger partial charge < -0.3 is 5.32 Å². The maximum atomic E-state index is 4.21. The molecule has 0 aliphatic carbocycles. The lowest BCUT2D eigenvalue weighted by Gasteiger charge is -2.07. The molecule has 0 aliphatic heterocycles. The van der Waals surface area contributed by atoms with Crippen molar-refractivity contribution in [2.75, 3.05) is 5.32 Å². The van der Waals surface area contributed by atoms with Crippen molar-refractivity contribution in [1.29, 1.82) is 0 Å². The van der Waals surface area contributed by atoms with E-state index < -0.39 is 0 Å². The number of fused-ring (bicyclic) bond motifs is 1. The second kappa shape index (κ2) is 4.18. The van der Waals surface area contributed by atoms with Gasteiger partial charge in [0, 0.05) is 4.88 Å². The topological polar surface area (TPSA) is 42.2 Å². The molecule has 0 saturated heterocycles. The van der Waals surface area contributed by atoms with Crippen molar-refractivity contribution in [3.63, 3.8) is 0 Å². The summed E-state index contributed by atoms with van der Waals surface area (Å²) in [5, 5.41) is 9.68. The Bertz CT molecular complexity index is 627. The van der Waals surface area contributed by atoms with Gasteiger partial charge in [0.2, 0.25) is 0 Å². The predicted octanol–water partition coefficient (Wildman–Crippen LogP) is 2.71. The van der Waals surface area contributed by atoms with Gasteiger partial charge in [-0.05, 0) is 36.1 Å². The second-order valence-electron chi connectivity index (χ2n) is 3.88. The van der Waals surface area contributed by atoms with E-state index in [-0.39, 0.29) is 0 Å². The van der Waals surface area contributed by atoms with Crippen molar-refractivity contribution in [3.8, 4) is 0 Å². The first kappa shape index (κ1) is 10.3. The summed E-state index contributed by atoms with van der Waals surface area (Å²) in [6.45, 7) is 2.88. The third kappa shape index (κ3) is 2.01. The zero-order valence-electron chi connectivity index (χ0n) is 9.42. The lowest BCUT2D eigenvalue weighted by molar-refractivity contribution is 0.944. The Morgan fingerprint density at radius 2 is 2.35 bits per heavy atom. The van der Waals surface area contributed by atoms with Crippen LogP contribution in [0.25, 0.3) is 5.65 Å². The van der Waals surface area contributed by atoms with Crippen LogP contribution in [0.2, 0.25) is 0 Å². The van der Waals surface area contributed by atoms with Crippen LogP contribution in [-0.4, -0.2) is 14.6 Å². The summed E-state index contributed by atoms with van der Waals surface area (Å²) < 4.78 is 1.82. The third-order valence-corrected chi connectivity index (χ3v) is 3.42. The Kier molecular flexibility index (Phi) is 2.53. The predicted molar refractivity (Wildman–Crippen MR) is 69.4 cm³/mol. The van der Waals surface area contributed by atoms with Crippen molar-refractivity contribution in [1.82, 2.24) is 14.6 Å². The van der Waals surface area contributed by atoms with E-state index in [0.717, 1.165) is 18.0 Å². The van der Waals surface area contributed by atoms with Crippen LogP contribution in [0.15, 0.2) is 36.0 Å². The minimum atomic E-state index is 0.816. The Hall–Kier alpha value is -1.88. The average Bonchev–Trinajstić information content (AvgIpc) is 2.95. The van der Waals surface area contributed by atoms with Crippen LogP contribution in [0.5, 0.6) is 0 Å². The van der Waals surface area contributed by atoms with Crippen LogP contribution in [0.4, 0.5) is 5.82 Å². The highest BCUT2D eigenvalue weighted by Crippen LogP contribution is 2.15. The summed E-state index contributed by atoms with van der Waals surface area (Å²) in [4.78, 5) is 5.50. The normalized spacial score (nSPS) is 10.9. The third-order valence-electron chi connectivity index (χ3n) is 2.55. The number of thiophene rings is 1. The summed E-state index contributed by atoms with van der Waals surface area (Å²) in [5.41, 5.74) is 2.05. The molecule has 0 aliphatic rings. The fourth-order valence-electron chi connectivity index (χ4n) is 1.77. The first-order chi connectivity index (χ1) is 8.33. The Labute approximate surface area is 103 Å². The SMILES string of the molecule is Cc1cc(NCc2cccs2)n2ncnc2c1. The zero-order chi connectivity index (χ0) is 11.7. The molecular formula is C12H12N4S. The molecule has 0 bridgehead atoms. The van der Waals surface area contributed by atoms with Crippen molar-refractivity contribution < 1.29 is 0 Å². The Morgan fingerprint density at radius 1 is 1.41 bits per heavy atom. The number of pyridine rings is 1. The van der Waals surface area contributed by atoms with Gasteiger partial charge in [0.15, 0.2) is 5.65 Å². The van der Waals surface area contributed by atoms with E-state index in [0.29, 0.717) is 0 Å². The summed E-state index contributed by atoms with van der Waals surface area (Å²) >= 11 is 1.75. The summed E-state index contributed by atoms with van der Waals surface area (Å²) in [6, 6.07) is 8.27. The standard InChI is InChI=1S/C12H12N4S/c1-9-5-11(13-7-10-3-2-4-17-10)16-12(6-9)14-8-15-16/h2-6,8,13H,7H2,1H3. The van der Waals surface area contributed by atoms with E-state index in [1.807, 2.05) is 10.6 Å². The smallest absolute Gasteiger partial charge is 0.157 e. The summed E-state index contributed by atoms with van der Waals surface area (Å²) in [5.74, 6) is 0.978. The van der Waals surface area contributed by atoms with Crippen molar-refractivity contribution in [3.05, 3.63) is 46.4 Å². The molecule has 3 aromatic rings. The summed E-state index contributed by atoms with van der Waals surface area (Å²) in [6.07, 6.45) is 1.57. The molecule has 5 heteroatoms. The van der Waals surface area contributed by atoms with E-state index in [4.69, 9.17) is 0 Å². The molecular weight excluding hydrogens is 232 g/mol. The molecule has 0 aromatic carbocycles. The average molecular weight is 244 g/mol. The van der Waals surface area contributed by atoms with Gasteiger partial charge in [-0.15, -0.1) is 11.3 Å². The molecule has 0 unspecified atom stereocenters. The molecule has 0 amide bonds. The fraction of sp³-hybridized carbons (Fsp3) is 0.167. The maximum Gasteiger partial charge on any atom is 0.157 e. The number of aryl methyl sites for hydroxylation is 1. The first-order valence-electron chi connectivity index (χ1n) is 5.39. The van der Waals surface area contributed by atoms with Crippen molar-refractivity contribution >= 4 is 22.8 Å². The number of nitrogens with one attached hydrogen (secondary N) is 1. The molecule has 17 heavy (non-hydrogen) atoms. The molecule has 0 saturated carbocycles. The molecule has 3 rings (SSSR count). The molecule has 0 spiro atoms. The quantitative estimate of drug-likeness (QED) is 0.770. The van der Waals surface area contributed by atoms with E-state index in [1.54, 1.807) is 17.7 Å². The molecule has 0 radical (unpaired) electrons. The van der Waals surface area contributed by atoms with Crippen molar-refractivity contribution in [2.45, 2.75) is 13.5 Å². The maximum absolute atomic E-state index is 4.21. The summed E-state index contributed by atoms with van der Waals surface area (Å²) in [7, 11) is 0. The highest BCUT2D eigenvalue weighted by atomic mass is 32.1. The highest BCUT2D eigenvalue weighted by molar-refractivity contribution is 7.09. The molecule has 86 valence electrons. The second-order valence-corrected chi connectivity index (χ2v) is 4.91. The van der Waals surface area contributed by atoms with E-state index in [2.05, 4.69) is 45.9 Å². The van der Waals surface area contributed by atoms with Crippen LogP contribution in [0.1, 0.15) is 10.4 Å². The van der Waals surface area contributed by atoms with Gasteiger partial charge in [0.25, 0.3) is 0 Å². The molecule has 1 N–H and O–H groups in total. The minimum absolute atomic E-state index is 0.816. The Balaban J connectivity index is 1.91. The lowest BCUT2D eigenvalue weighted by Crippen LogP contribution is -2.04. The van der Waals surface area contributed by atoms with Crippen LogP contribution in [-0.2, 0) is 6.54 Å². The van der Waals surface area contributed by atoms with E-state index in [1.165, 1.54) is 10.4 Å². The largest absolute Gasteiger partial charge is 0.365 e. The monoisotopic (exact) mass is 244 g/mol. The number of nitrogens with zero attached hydrogens (tertiary/aromatic N) is 3. The molecule has 0 atom stereocenters. The fourth-order valence-corrected chi connectivity index (χ4v) is 2.42. The van der Waals surface area contributed by atoms with Gasteiger partial charge in [-0.25, -0.2) is 4.98 Å². The number of rotatable bonds is 3. The van der Waals surface area contributed by atoms with Gasteiger partial charge in [0.05, 0.1) is 6.54 Å². The molecule has 4 nitrogen and oxygen atoms in total. The number of hydrogen-bond acceptors (Lipinski definition) is 4. The van der Waals surface area contributed by atoms with Crippen LogP contribution in [0, 0.1) is 6.92 Å². The van der Waals surface area contributed by atoms with Crippen LogP contribution in [0.3, 0.4) is 0 Å². The van der Waals surface area contributed by atoms with Gasteiger partial charge in [-0.3, -0.25) is 0 Å². The van der Waals surface area contributed by atoms with Crippen molar-refractivity contribution in [2.24, 2.45) is 0 Å². The zero-order valence-corrected chi connectivity index (χ0v) is 10.2. The number of anilines is 1. The van der Waals surface area contributed by atoms with Gasteiger partial charge in [-0.2, -0.15) is 9.61 Å². The Morgan fingerprint density at radius 3 is 3.18 bits per heavy atom. The highest BCUT2D eigenvalue weighted by Gasteiger charge is 2.03. The van der Waals surface area contributed by atoms with E-state index >= 15 is 0 Å². The molecule has 3 aromatic heterocycles. The minimum Gasteiger partial charge on any atom is -0.365 e.